The van der Waals surface area contributed by atoms with Crippen LogP contribution in [0.15, 0.2) is 66.7 Å². The van der Waals surface area contributed by atoms with E-state index in [-0.39, 0.29) is 0 Å². The molecule has 0 saturated heterocycles. The van der Waals surface area contributed by atoms with E-state index in [1.165, 1.54) is 5.56 Å². The fourth-order valence-corrected chi connectivity index (χ4v) is 2.81. The van der Waals surface area contributed by atoms with Crippen LogP contribution in [0, 0.1) is 0 Å². The highest BCUT2D eigenvalue weighted by Crippen LogP contribution is 2.23. The number of ether oxygens (including phenoxy) is 1. The second-order valence-corrected chi connectivity index (χ2v) is 6.42. The molecular formula is C22H26N4O. The van der Waals surface area contributed by atoms with Gasteiger partial charge in [0.15, 0.2) is 5.82 Å². The van der Waals surface area contributed by atoms with Crippen molar-refractivity contribution in [2.75, 3.05) is 37.5 Å². The van der Waals surface area contributed by atoms with Crippen molar-refractivity contribution >= 4 is 11.6 Å². The fraction of sp³-hybridized carbons (Fsp3) is 0.273. The summed E-state index contributed by atoms with van der Waals surface area (Å²) in [5.74, 6) is 2.44. The normalized spacial score (nSPS) is 10.6. The van der Waals surface area contributed by atoms with Crippen LogP contribution in [0.5, 0.6) is 0 Å². The number of nitrogens with one attached hydrogen (secondary N) is 1. The number of hydrogen-bond donors (Lipinski definition) is 1. The molecule has 0 saturated carbocycles. The quantitative estimate of drug-likeness (QED) is 0.577. The Balaban J connectivity index is 1.84. The van der Waals surface area contributed by atoms with Crippen LogP contribution in [-0.4, -0.2) is 37.3 Å². The van der Waals surface area contributed by atoms with Gasteiger partial charge in [-0.15, -0.1) is 0 Å². The largest absolute Gasteiger partial charge is 0.385 e. The van der Waals surface area contributed by atoms with Gasteiger partial charge in [0.25, 0.3) is 0 Å². The van der Waals surface area contributed by atoms with E-state index in [4.69, 9.17) is 14.7 Å². The van der Waals surface area contributed by atoms with Gasteiger partial charge in [-0.05, 0) is 12.0 Å². The summed E-state index contributed by atoms with van der Waals surface area (Å²) in [4.78, 5) is 11.6. The second kappa shape index (κ2) is 9.69. The van der Waals surface area contributed by atoms with Crippen LogP contribution >= 0.6 is 0 Å². The first-order chi connectivity index (χ1) is 13.3. The molecule has 0 aliphatic heterocycles. The Morgan fingerprint density at radius 2 is 1.67 bits per heavy atom. The Bertz CT molecular complexity index is 824. The monoisotopic (exact) mass is 362 g/mol. The topological polar surface area (TPSA) is 50.3 Å². The number of benzene rings is 2. The Morgan fingerprint density at radius 3 is 2.37 bits per heavy atom. The zero-order chi connectivity index (χ0) is 18.9. The Labute approximate surface area is 161 Å². The summed E-state index contributed by atoms with van der Waals surface area (Å²) in [6, 6.07) is 22.5. The van der Waals surface area contributed by atoms with Gasteiger partial charge in [0, 0.05) is 45.5 Å². The van der Waals surface area contributed by atoms with E-state index in [1.54, 1.807) is 7.11 Å². The lowest BCUT2D eigenvalue weighted by Crippen LogP contribution is -2.19. The highest BCUT2D eigenvalue weighted by Gasteiger charge is 2.10. The molecule has 1 heterocycles. The third-order valence-corrected chi connectivity index (χ3v) is 4.23. The Kier molecular flexibility index (Phi) is 6.77. The standard InChI is InChI=1S/C22H26N4O/c1-26(17-18-10-5-3-6-11-18)21-16-20(23-14-9-15-27-2)24-22(25-21)19-12-7-4-8-13-19/h3-8,10-13,16H,9,14-15,17H2,1-2H3,(H,23,24,25). The van der Waals surface area contributed by atoms with Crippen LogP contribution in [0.1, 0.15) is 12.0 Å². The number of anilines is 2. The molecule has 0 amide bonds. The average molecular weight is 362 g/mol. The van der Waals surface area contributed by atoms with Crippen LogP contribution in [0.2, 0.25) is 0 Å². The Hall–Kier alpha value is -2.92. The molecule has 140 valence electrons. The van der Waals surface area contributed by atoms with Gasteiger partial charge in [-0.25, -0.2) is 9.97 Å². The SMILES string of the molecule is COCCCNc1cc(N(C)Cc2ccccc2)nc(-c2ccccc2)n1. The molecule has 27 heavy (non-hydrogen) atoms. The molecule has 0 fully saturated rings. The first-order valence-electron chi connectivity index (χ1n) is 9.18. The van der Waals surface area contributed by atoms with Gasteiger partial charge in [0.05, 0.1) is 0 Å². The summed E-state index contributed by atoms with van der Waals surface area (Å²) in [6.45, 7) is 2.32. The van der Waals surface area contributed by atoms with Gasteiger partial charge in [-0.2, -0.15) is 0 Å². The summed E-state index contributed by atoms with van der Waals surface area (Å²) in [6.07, 6.45) is 0.927. The van der Waals surface area contributed by atoms with Crippen molar-refractivity contribution < 1.29 is 4.74 Å². The van der Waals surface area contributed by atoms with Gasteiger partial charge in [-0.1, -0.05) is 60.7 Å². The van der Waals surface area contributed by atoms with Crippen LogP contribution in [0.4, 0.5) is 11.6 Å². The molecule has 0 spiro atoms. The average Bonchev–Trinajstić information content (AvgIpc) is 2.72. The molecule has 0 aliphatic carbocycles. The third kappa shape index (κ3) is 5.53. The van der Waals surface area contributed by atoms with E-state index >= 15 is 0 Å². The van der Waals surface area contributed by atoms with Crippen LogP contribution in [0.3, 0.4) is 0 Å². The van der Waals surface area contributed by atoms with Crippen molar-refractivity contribution in [2.24, 2.45) is 0 Å². The number of aromatic nitrogens is 2. The molecule has 0 atom stereocenters. The fourth-order valence-electron chi connectivity index (χ4n) is 2.81. The first-order valence-corrected chi connectivity index (χ1v) is 9.18. The van der Waals surface area contributed by atoms with E-state index in [0.717, 1.165) is 49.1 Å². The molecule has 0 radical (unpaired) electrons. The second-order valence-electron chi connectivity index (χ2n) is 6.42. The summed E-state index contributed by atoms with van der Waals surface area (Å²) in [5.41, 5.74) is 2.25. The number of nitrogens with zero attached hydrogens (tertiary/aromatic N) is 3. The van der Waals surface area contributed by atoms with Crippen molar-refractivity contribution in [3.63, 3.8) is 0 Å². The molecule has 0 aliphatic rings. The van der Waals surface area contributed by atoms with Gasteiger partial charge < -0.3 is 15.0 Å². The summed E-state index contributed by atoms with van der Waals surface area (Å²) in [5, 5.41) is 3.39. The van der Waals surface area contributed by atoms with E-state index in [0.29, 0.717) is 0 Å². The van der Waals surface area contributed by atoms with Crippen LogP contribution in [-0.2, 0) is 11.3 Å². The highest BCUT2D eigenvalue weighted by atomic mass is 16.5. The third-order valence-electron chi connectivity index (χ3n) is 4.23. The molecule has 0 unspecified atom stereocenters. The van der Waals surface area contributed by atoms with E-state index in [2.05, 4.69) is 41.5 Å². The maximum Gasteiger partial charge on any atom is 0.163 e. The summed E-state index contributed by atoms with van der Waals surface area (Å²) < 4.78 is 5.12. The first kappa shape index (κ1) is 18.9. The predicted octanol–water partition coefficient (Wildman–Crippen LogP) is 4.23. The molecular weight excluding hydrogens is 336 g/mol. The number of methoxy groups -OCH3 is 1. The minimum absolute atomic E-state index is 0.724. The minimum Gasteiger partial charge on any atom is -0.385 e. The van der Waals surface area contributed by atoms with Gasteiger partial charge in [0.1, 0.15) is 11.6 Å². The molecule has 3 rings (SSSR count). The van der Waals surface area contributed by atoms with Crippen molar-refractivity contribution in [1.29, 1.82) is 0 Å². The maximum atomic E-state index is 5.12. The van der Waals surface area contributed by atoms with Crippen molar-refractivity contribution in [3.8, 4) is 11.4 Å². The lowest BCUT2D eigenvalue weighted by atomic mass is 10.2. The molecule has 5 nitrogen and oxygen atoms in total. The molecule has 1 aromatic heterocycles. The predicted molar refractivity (Wildman–Crippen MR) is 111 cm³/mol. The van der Waals surface area contributed by atoms with E-state index in [9.17, 15) is 0 Å². The molecule has 3 aromatic rings. The molecule has 2 aromatic carbocycles. The van der Waals surface area contributed by atoms with Crippen molar-refractivity contribution in [3.05, 3.63) is 72.3 Å². The maximum absolute atomic E-state index is 5.12. The lowest BCUT2D eigenvalue weighted by molar-refractivity contribution is 0.198. The summed E-state index contributed by atoms with van der Waals surface area (Å²) in [7, 11) is 3.77. The zero-order valence-corrected chi connectivity index (χ0v) is 15.9. The highest BCUT2D eigenvalue weighted by molar-refractivity contribution is 5.61. The van der Waals surface area contributed by atoms with E-state index < -0.39 is 0 Å². The number of rotatable bonds is 9. The smallest absolute Gasteiger partial charge is 0.163 e. The van der Waals surface area contributed by atoms with Crippen molar-refractivity contribution in [1.82, 2.24) is 9.97 Å². The molecule has 1 N–H and O–H groups in total. The van der Waals surface area contributed by atoms with E-state index in [1.807, 2.05) is 42.5 Å². The van der Waals surface area contributed by atoms with Crippen LogP contribution < -0.4 is 10.2 Å². The zero-order valence-electron chi connectivity index (χ0n) is 15.9. The molecule has 0 bridgehead atoms. The minimum atomic E-state index is 0.724. The van der Waals surface area contributed by atoms with Crippen LogP contribution in [0.25, 0.3) is 11.4 Å². The number of hydrogen-bond acceptors (Lipinski definition) is 5. The molecule has 5 heteroatoms. The van der Waals surface area contributed by atoms with Crippen molar-refractivity contribution in [2.45, 2.75) is 13.0 Å². The Morgan fingerprint density at radius 1 is 0.963 bits per heavy atom. The van der Waals surface area contributed by atoms with Gasteiger partial charge >= 0.3 is 0 Å². The summed E-state index contributed by atoms with van der Waals surface area (Å²) >= 11 is 0. The van der Waals surface area contributed by atoms with Gasteiger partial charge in [0.2, 0.25) is 0 Å². The van der Waals surface area contributed by atoms with Gasteiger partial charge in [-0.3, -0.25) is 0 Å². The lowest BCUT2D eigenvalue weighted by Gasteiger charge is -2.20.